The van der Waals surface area contributed by atoms with Crippen LogP contribution < -0.4 is 15.4 Å². The fraction of sp³-hybridized carbons (Fsp3) is 0.412. The van der Waals surface area contributed by atoms with Crippen molar-refractivity contribution in [2.75, 3.05) is 6.54 Å². The van der Waals surface area contributed by atoms with Crippen molar-refractivity contribution < 1.29 is 13.5 Å². The Morgan fingerprint density at radius 3 is 2.76 bits per heavy atom. The van der Waals surface area contributed by atoms with Crippen LogP contribution in [0, 0.1) is 0 Å². The smallest absolute Gasteiger partial charge is 0.387 e. The van der Waals surface area contributed by atoms with Crippen LogP contribution in [-0.4, -0.2) is 24.1 Å². The zero-order valence-electron chi connectivity index (χ0n) is 14.3. The van der Waals surface area contributed by atoms with Crippen LogP contribution in [0.1, 0.15) is 29.3 Å². The van der Waals surface area contributed by atoms with Gasteiger partial charge in [-0.3, -0.25) is 0 Å². The van der Waals surface area contributed by atoms with Crippen molar-refractivity contribution in [3.8, 4) is 5.75 Å². The Hall–Kier alpha value is -2.22. The Morgan fingerprint density at radius 2 is 2.08 bits per heavy atom. The molecule has 0 bridgehead atoms. The Balaban J connectivity index is 2.01. The van der Waals surface area contributed by atoms with Gasteiger partial charge in [0.15, 0.2) is 5.96 Å². The number of nitrogens with one attached hydrogen (secondary N) is 2. The molecule has 0 atom stereocenters. The number of ether oxygens (including phenoxy) is 1. The number of aromatic nitrogens is 1. The minimum atomic E-state index is -2.85. The molecule has 136 valence electrons. The fourth-order valence-corrected chi connectivity index (χ4v) is 2.91. The van der Waals surface area contributed by atoms with Crippen molar-refractivity contribution in [2.24, 2.45) is 4.99 Å². The Labute approximate surface area is 150 Å². The second kappa shape index (κ2) is 9.93. The lowest BCUT2D eigenvalue weighted by Crippen LogP contribution is -2.36. The molecule has 0 saturated heterocycles. The number of hydrogen-bond acceptors (Lipinski definition) is 4. The van der Waals surface area contributed by atoms with Gasteiger partial charge in [0.1, 0.15) is 10.8 Å². The van der Waals surface area contributed by atoms with Crippen LogP contribution in [0.15, 0.2) is 35.5 Å². The van der Waals surface area contributed by atoms with E-state index in [-0.39, 0.29) is 12.3 Å². The zero-order valence-corrected chi connectivity index (χ0v) is 15.1. The lowest BCUT2D eigenvalue weighted by molar-refractivity contribution is -0.0504. The van der Waals surface area contributed by atoms with E-state index in [0.717, 1.165) is 11.4 Å². The maximum atomic E-state index is 12.5. The molecule has 0 unspecified atom stereocenters. The highest BCUT2D eigenvalue weighted by molar-refractivity contribution is 7.11. The Bertz CT molecular complexity index is 691. The number of alkyl halides is 2. The first-order chi connectivity index (χ1) is 12.1. The predicted molar refractivity (Wildman–Crippen MR) is 96.2 cm³/mol. The average Bonchev–Trinajstić information content (AvgIpc) is 3.06. The van der Waals surface area contributed by atoms with Crippen molar-refractivity contribution in [3.05, 3.63) is 45.9 Å². The van der Waals surface area contributed by atoms with E-state index in [0.29, 0.717) is 24.6 Å². The highest BCUT2D eigenvalue weighted by Crippen LogP contribution is 2.21. The lowest BCUT2D eigenvalue weighted by atomic mass is 10.2. The van der Waals surface area contributed by atoms with Gasteiger partial charge in [-0.25, -0.2) is 9.98 Å². The van der Waals surface area contributed by atoms with E-state index in [9.17, 15) is 8.78 Å². The van der Waals surface area contributed by atoms with Crippen LogP contribution in [0.3, 0.4) is 0 Å². The second-order valence-corrected chi connectivity index (χ2v) is 6.31. The molecule has 0 radical (unpaired) electrons. The van der Waals surface area contributed by atoms with Crippen molar-refractivity contribution in [1.29, 1.82) is 0 Å². The molecule has 0 aliphatic heterocycles. The Kier molecular flexibility index (Phi) is 7.59. The normalized spacial score (nSPS) is 11.6. The third-order valence-electron chi connectivity index (χ3n) is 3.30. The third-order valence-corrected chi connectivity index (χ3v) is 4.44. The molecular weight excluding hydrogens is 346 g/mol. The fourth-order valence-electron chi connectivity index (χ4n) is 2.10. The summed E-state index contributed by atoms with van der Waals surface area (Å²) < 4.78 is 29.5. The SMILES string of the molecule is CCNC(=NCc1ccccc1OC(F)F)NCc1ncc(CC)s1. The van der Waals surface area contributed by atoms with Gasteiger partial charge in [-0.2, -0.15) is 8.78 Å². The average molecular weight is 368 g/mol. The molecule has 8 heteroatoms. The largest absolute Gasteiger partial charge is 0.434 e. The topological polar surface area (TPSA) is 58.5 Å². The maximum Gasteiger partial charge on any atom is 0.387 e. The molecule has 0 aliphatic rings. The number of thiazole rings is 1. The maximum absolute atomic E-state index is 12.5. The number of para-hydroxylation sites is 1. The number of guanidine groups is 1. The van der Waals surface area contributed by atoms with Crippen LogP contribution in [0.5, 0.6) is 5.75 Å². The molecule has 2 N–H and O–H groups in total. The van der Waals surface area contributed by atoms with Gasteiger partial charge in [0, 0.05) is 23.2 Å². The van der Waals surface area contributed by atoms with E-state index in [1.807, 2.05) is 13.1 Å². The van der Waals surface area contributed by atoms with E-state index in [1.165, 1.54) is 10.9 Å². The second-order valence-electron chi connectivity index (χ2n) is 5.11. The van der Waals surface area contributed by atoms with Crippen molar-refractivity contribution in [1.82, 2.24) is 15.6 Å². The quantitative estimate of drug-likeness (QED) is 0.553. The monoisotopic (exact) mass is 368 g/mol. The van der Waals surface area contributed by atoms with Crippen molar-refractivity contribution in [2.45, 2.75) is 40.0 Å². The van der Waals surface area contributed by atoms with Gasteiger partial charge >= 0.3 is 6.61 Å². The first-order valence-corrected chi connectivity index (χ1v) is 8.92. The van der Waals surface area contributed by atoms with Gasteiger partial charge < -0.3 is 15.4 Å². The molecule has 1 aromatic carbocycles. The predicted octanol–water partition coefficient (Wildman–Crippen LogP) is 3.56. The number of aryl methyl sites for hydroxylation is 1. The minimum absolute atomic E-state index is 0.143. The molecule has 1 heterocycles. The number of halogens is 2. The van der Waals surface area contributed by atoms with E-state index in [1.54, 1.807) is 29.5 Å². The van der Waals surface area contributed by atoms with E-state index >= 15 is 0 Å². The zero-order chi connectivity index (χ0) is 18.1. The van der Waals surface area contributed by atoms with Gasteiger partial charge in [-0.15, -0.1) is 11.3 Å². The lowest BCUT2D eigenvalue weighted by Gasteiger charge is -2.12. The first kappa shape index (κ1) is 19.1. The Morgan fingerprint density at radius 1 is 1.28 bits per heavy atom. The summed E-state index contributed by atoms with van der Waals surface area (Å²) in [6.45, 7) is 2.69. The van der Waals surface area contributed by atoms with Gasteiger partial charge in [0.2, 0.25) is 0 Å². The van der Waals surface area contributed by atoms with Crippen molar-refractivity contribution >= 4 is 17.3 Å². The molecule has 25 heavy (non-hydrogen) atoms. The number of nitrogens with zero attached hydrogens (tertiary/aromatic N) is 2. The molecule has 0 amide bonds. The minimum Gasteiger partial charge on any atom is -0.434 e. The van der Waals surface area contributed by atoms with Gasteiger partial charge in [0.25, 0.3) is 0 Å². The van der Waals surface area contributed by atoms with E-state index < -0.39 is 6.61 Å². The summed E-state index contributed by atoms with van der Waals surface area (Å²) in [5.74, 6) is 0.743. The van der Waals surface area contributed by atoms with Crippen molar-refractivity contribution in [3.63, 3.8) is 0 Å². The molecule has 2 aromatic rings. The van der Waals surface area contributed by atoms with Crippen LogP contribution >= 0.6 is 11.3 Å². The first-order valence-electron chi connectivity index (χ1n) is 8.10. The number of hydrogen-bond donors (Lipinski definition) is 2. The van der Waals surface area contributed by atoms with E-state index in [2.05, 4.69) is 32.3 Å². The van der Waals surface area contributed by atoms with Crippen LogP contribution in [-0.2, 0) is 19.5 Å². The molecular formula is C17H22F2N4OS. The summed E-state index contributed by atoms with van der Waals surface area (Å²) in [6.07, 6.45) is 2.84. The molecule has 0 fully saturated rings. The van der Waals surface area contributed by atoms with E-state index in [4.69, 9.17) is 0 Å². The van der Waals surface area contributed by atoms with Gasteiger partial charge in [-0.1, -0.05) is 25.1 Å². The standard InChI is InChI=1S/C17H22F2N4OS/c1-3-13-10-21-15(25-13)11-23-17(20-4-2)22-9-12-7-5-6-8-14(12)24-16(18)19/h5-8,10,16H,3-4,9,11H2,1-2H3,(H2,20,22,23). The number of benzene rings is 1. The molecule has 0 saturated carbocycles. The van der Waals surface area contributed by atoms with Gasteiger partial charge in [0.05, 0.1) is 13.1 Å². The summed E-state index contributed by atoms with van der Waals surface area (Å²) in [4.78, 5) is 10.0. The molecule has 5 nitrogen and oxygen atoms in total. The molecule has 0 aliphatic carbocycles. The number of rotatable bonds is 8. The summed E-state index contributed by atoms with van der Waals surface area (Å²) in [5, 5.41) is 7.31. The highest BCUT2D eigenvalue weighted by Gasteiger charge is 2.09. The molecule has 2 rings (SSSR count). The number of aliphatic imine (C=N–C) groups is 1. The summed E-state index contributed by atoms with van der Waals surface area (Å²) in [7, 11) is 0. The summed E-state index contributed by atoms with van der Waals surface area (Å²) in [6, 6.07) is 6.66. The van der Waals surface area contributed by atoms with Gasteiger partial charge in [-0.05, 0) is 19.4 Å². The summed E-state index contributed by atoms with van der Waals surface area (Å²) >= 11 is 1.66. The molecule has 0 spiro atoms. The summed E-state index contributed by atoms with van der Waals surface area (Å²) in [5.41, 5.74) is 0.600. The van der Waals surface area contributed by atoms with Crippen LogP contribution in [0.25, 0.3) is 0 Å². The van der Waals surface area contributed by atoms with Crippen LogP contribution in [0.2, 0.25) is 0 Å². The van der Waals surface area contributed by atoms with Crippen LogP contribution in [0.4, 0.5) is 8.78 Å². The third kappa shape index (κ3) is 6.30. The highest BCUT2D eigenvalue weighted by atomic mass is 32.1. The molecule has 1 aromatic heterocycles.